The second kappa shape index (κ2) is 5.31. The molecule has 1 nitrogen and oxygen atoms in total. The molecule has 0 amide bonds. The molecule has 0 saturated carbocycles. The van der Waals surface area contributed by atoms with Crippen LogP contribution in [-0.4, -0.2) is 5.11 Å². The van der Waals surface area contributed by atoms with Gasteiger partial charge in [0.25, 0.3) is 0 Å². The van der Waals surface area contributed by atoms with Gasteiger partial charge in [-0.3, -0.25) is 0 Å². The van der Waals surface area contributed by atoms with E-state index in [-0.39, 0.29) is 0 Å². The second-order valence-corrected chi connectivity index (χ2v) is 7.54. The predicted octanol–water partition coefficient (Wildman–Crippen LogP) is 4.98. The molecule has 2 aromatic rings. The van der Waals surface area contributed by atoms with E-state index in [4.69, 9.17) is 0 Å². The van der Waals surface area contributed by atoms with Crippen LogP contribution >= 0.6 is 54.5 Å². The summed E-state index contributed by atoms with van der Waals surface area (Å²) in [5.74, 6) is 0. The van der Waals surface area contributed by atoms with E-state index in [2.05, 4.69) is 44.8 Å². The normalized spacial score (nSPS) is 13.0. The average molecular weight is 382 g/mol. The second-order valence-electron chi connectivity index (χ2n) is 3.34. The maximum Gasteiger partial charge on any atom is 0.123 e. The summed E-state index contributed by atoms with van der Waals surface area (Å²) < 4.78 is 2.03. The van der Waals surface area contributed by atoms with Crippen molar-refractivity contribution in [3.8, 4) is 0 Å². The van der Waals surface area contributed by atoms with E-state index in [1.54, 1.807) is 22.7 Å². The topological polar surface area (TPSA) is 20.2 Å². The first-order valence-corrected chi connectivity index (χ1v) is 8.10. The number of rotatable bonds is 3. The minimum Gasteiger partial charge on any atom is -0.382 e. The van der Waals surface area contributed by atoms with Crippen LogP contribution in [0, 0.1) is 0 Å². The van der Waals surface area contributed by atoms with E-state index in [1.165, 1.54) is 5.56 Å². The number of hydrogen-bond acceptors (Lipinski definition) is 3. The largest absolute Gasteiger partial charge is 0.382 e. The average Bonchev–Trinajstić information content (AvgIpc) is 2.85. The molecule has 0 radical (unpaired) electrons. The fourth-order valence-corrected chi connectivity index (χ4v) is 4.67. The Morgan fingerprint density at radius 3 is 2.75 bits per heavy atom. The first-order valence-electron chi connectivity index (χ1n) is 4.82. The number of thiophene rings is 2. The summed E-state index contributed by atoms with van der Waals surface area (Å²) in [6.45, 7) is 2.11. The maximum atomic E-state index is 10.3. The molecule has 86 valence electrons. The Balaban J connectivity index is 2.35. The molecule has 0 spiro atoms. The van der Waals surface area contributed by atoms with Crippen LogP contribution in [0.15, 0.2) is 25.8 Å². The van der Waals surface area contributed by atoms with Gasteiger partial charge in [0.1, 0.15) is 6.10 Å². The van der Waals surface area contributed by atoms with Gasteiger partial charge in [-0.2, -0.15) is 0 Å². The first-order chi connectivity index (χ1) is 7.63. The Morgan fingerprint density at radius 1 is 1.44 bits per heavy atom. The quantitative estimate of drug-likeness (QED) is 0.794. The van der Waals surface area contributed by atoms with Crippen molar-refractivity contribution in [3.05, 3.63) is 41.1 Å². The lowest BCUT2D eigenvalue weighted by Crippen LogP contribution is -1.97. The minimum atomic E-state index is -0.498. The Bertz CT molecular complexity index is 470. The summed E-state index contributed by atoms with van der Waals surface area (Å²) in [4.78, 5) is 2.03. The van der Waals surface area contributed by atoms with Crippen LogP contribution in [-0.2, 0) is 6.42 Å². The molecule has 0 aromatic carbocycles. The van der Waals surface area contributed by atoms with Gasteiger partial charge in [0.05, 0.1) is 3.79 Å². The highest BCUT2D eigenvalue weighted by Crippen LogP contribution is 2.39. The first kappa shape index (κ1) is 12.8. The van der Waals surface area contributed by atoms with Gasteiger partial charge in [0.2, 0.25) is 0 Å². The molecule has 16 heavy (non-hydrogen) atoms. The Labute approximate surface area is 119 Å². The van der Waals surface area contributed by atoms with Crippen LogP contribution in [0.25, 0.3) is 0 Å². The SMILES string of the molecule is CCc1ccsc1C(O)c1cc(Br)c(Br)s1. The number of aliphatic hydroxyl groups excluding tert-OH is 1. The van der Waals surface area contributed by atoms with Crippen molar-refractivity contribution in [1.82, 2.24) is 0 Å². The molecule has 0 bridgehead atoms. The molecule has 1 N–H and O–H groups in total. The highest BCUT2D eigenvalue weighted by molar-refractivity contribution is 9.13. The summed E-state index contributed by atoms with van der Waals surface area (Å²) in [6, 6.07) is 4.06. The summed E-state index contributed by atoms with van der Waals surface area (Å²) in [5.41, 5.74) is 1.23. The summed E-state index contributed by atoms with van der Waals surface area (Å²) in [5, 5.41) is 12.3. The Kier molecular flexibility index (Phi) is 4.24. The molecule has 0 aliphatic heterocycles. The molecule has 2 heterocycles. The van der Waals surface area contributed by atoms with E-state index in [9.17, 15) is 5.11 Å². The summed E-state index contributed by atoms with van der Waals surface area (Å²) >= 11 is 10.1. The molecular formula is C11H10Br2OS2. The van der Waals surface area contributed by atoms with Gasteiger partial charge in [-0.25, -0.2) is 0 Å². The lowest BCUT2D eigenvalue weighted by atomic mass is 10.1. The molecule has 0 aliphatic rings. The number of aryl methyl sites for hydroxylation is 1. The van der Waals surface area contributed by atoms with Gasteiger partial charge < -0.3 is 5.11 Å². The molecule has 2 aromatic heterocycles. The smallest absolute Gasteiger partial charge is 0.123 e. The zero-order valence-corrected chi connectivity index (χ0v) is 13.3. The van der Waals surface area contributed by atoms with E-state index >= 15 is 0 Å². The highest BCUT2D eigenvalue weighted by atomic mass is 79.9. The van der Waals surface area contributed by atoms with Gasteiger partial charge in [-0.1, -0.05) is 6.92 Å². The van der Waals surface area contributed by atoms with Crippen LogP contribution in [0.2, 0.25) is 0 Å². The fourth-order valence-electron chi connectivity index (χ4n) is 1.51. The predicted molar refractivity (Wildman–Crippen MR) is 77.5 cm³/mol. The van der Waals surface area contributed by atoms with Crippen molar-refractivity contribution in [2.75, 3.05) is 0 Å². The fraction of sp³-hybridized carbons (Fsp3) is 0.273. The number of aliphatic hydroxyl groups is 1. The van der Waals surface area contributed by atoms with Gasteiger partial charge in [0.15, 0.2) is 0 Å². The van der Waals surface area contributed by atoms with Gasteiger partial charge in [0, 0.05) is 14.2 Å². The van der Waals surface area contributed by atoms with Crippen LogP contribution in [0.4, 0.5) is 0 Å². The van der Waals surface area contributed by atoms with Crippen molar-refractivity contribution >= 4 is 54.5 Å². The van der Waals surface area contributed by atoms with E-state index in [0.29, 0.717) is 0 Å². The Hall–Kier alpha value is 0.320. The van der Waals surface area contributed by atoms with Crippen molar-refractivity contribution < 1.29 is 5.11 Å². The van der Waals surface area contributed by atoms with E-state index < -0.39 is 6.10 Å². The van der Waals surface area contributed by atoms with Crippen LogP contribution < -0.4 is 0 Å². The van der Waals surface area contributed by atoms with Crippen LogP contribution in [0.5, 0.6) is 0 Å². The zero-order valence-electron chi connectivity index (χ0n) is 8.54. The van der Waals surface area contributed by atoms with Crippen molar-refractivity contribution in [1.29, 1.82) is 0 Å². The summed E-state index contributed by atoms with van der Waals surface area (Å²) in [6.07, 6.45) is 0.464. The number of halogens is 2. The monoisotopic (exact) mass is 380 g/mol. The van der Waals surface area contributed by atoms with Crippen molar-refractivity contribution in [2.24, 2.45) is 0 Å². The minimum absolute atomic E-state index is 0.498. The summed E-state index contributed by atoms with van der Waals surface area (Å²) in [7, 11) is 0. The van der Waals surface area contributed by atoms with Crippen molar-refractivity contribution in [3.63, 3.8) is 0 Å². The molecule has 0 saturated heterocycles. The molecule has 1 unspecified atom stereocenters. The molecule has 5 heteroatoms. The standard InChI is InChI=1S/C11H10Br2OS2/c1-2-6-3-4-15-10(6)9(14)8-5-7(12)11(13)16-8/h3-5,9,14H,2H2,1H3. The zero-order chi connectivity index (χ0) is 11.7. The lowest BCUT2D eigenvalue weighted by molar-refractivity contribution is 0.227. The molecule has 2 rings (SSSR count). The molecule has 0 fully saturated rings. The van der Waals surface area contributed by atoms with Gasteiger partial charge in [-0.15, -0.1) is 22.7 Å². The van der Waals surface area contributed by atoms with Crippen LogP contribution in [0.3, 0.4) is 0 Å². The van der Waals surface area contributed by atoms with Gasteiger partial charge in [-0.05, 0) is 61.4 Å². The van der Waals surface area contributed by atoms with Crippen LogP contribution in [0.1, 0.15) is 28.3 Å². The number of hydrogen-bond donors (Lipinski definition) is 1. The van der Waals surface area contributed by atoms with Crippen molar-refractivity contribution in [2.45, 2.75) is 19.4 Å². The van der Waals surface area contributed by atoms with E-state index in [1.807, 2.05) is 11.4 Å². The van der Waals surface area contributed by atoms with Gasteiger partial charge >= 0.3 is 0 Å². The molecule has 1 atom stereocenters. The third-order valence-electron chi connectivity index (χ3n) is 2.34. The Morgan fingerprint density at radius 2 is 2.19 bits per heavy atom. The lowest BCUT2D eigenvalue weighted by Gasteiger charge is -2.08. The highest BCUT2D eigenvalue weighted by Gasteiger charge is 2.18. The maximum absolute atomic E-state index is 10.3. The van der Waals surface area contributed by atoms with E-state index in [0.717, 1.165) is 24.4 Å². The third kappa shape index (κ3) is 2.43. The third-order valence-corrected chi connectivity index (χ3v) is 6.66. The molecular weight excluding hydrogens is 372 g/mol. The molecule has 0 aliphatic carbocycles.